The fourth-order valence-electron chi connectivity index (χ4n) is 1.89. The smallest absolute Gasteiger partial charge is 0.307 e. The van der Waals surface area contributed by atoms with Crippen LogP contribution in [0.3, 0.4) is 0 Å². The summed E-state index contributed by atoms with van der Waals surface area (Å²) in [4.78, 5) is 24.3. The Labute approximate surface area is 94.5 Å². The number of hydrogen-bond acceptors (Lipinski definition) is 3. The van der Waals surface area contributed by atoms with Crippen LogP contribution in [0.15, 0.2) is 0 Å². The number of carbonyl (C=O) groups is 2. The number of rotatable bonds is 3. The highest BCUT2D eigenvalue weighted by atomic mass is 35.5. The van der Waals surface area contributed by atoms with E-state index in [1.807, 2.05) is 0 Å². The van der Waals surface area contributed by atoms with Crippen molar-refractivity contribution < 1.29 is 14.3 Å². The average molecular weight is 234 g/mol. The highest BCUT2D eigenvalue weighted by Gasteiger charge is 2.27. The second-order valence-corrected chi connectivity index (χ2v) is 3.92. The Morgan fingerprint density at radius 1 is 1.47 bits per heavy atom. The van der Waals surface area contributed by atoms with Crippen molar-refractivity contribution in [3.63, 3.8) is 0 Å². The number of esters is 1. The van der Waals surface area contributed by atoms with Crippen molar-refractivity contribution >= 4 is 23.5 Å². The van der Waals surface area contributed by atoms with Crippen LogP contribution in [0, 0.1) is 0 Å². The number of likely N-dealkylation sites (tertiary alicyclic amines) is 1. The van der Waals surface area contributed by atoms with Gasteiger partial charge in [-0.3, -0.25) is 9.59 Å². The zero-order chi connectivity index (χ0) is 11.3. The number of nitrogens with zero attached hydrogens (tertiary/aromatic N) is 1. The maximum atomic E-state index is 11.5. The summed E-state index contributed by atoms with van der Waals surface area (Å²) in [5.74, 6) is -0.378. The van der Waals surface area contributed by atoms with Gasteiger partial charge in [-0.1, -0.05) is 0 Å². The van der Waals surface area contributed by atoms with E-state index < -0.39 is 0 Å². The Hall–Kier alpha value is -0.770. The third-order valence-electron chi connectivity index (χ3n) is 2.69. The lowest BCUT2D eigenvalue weighted by atomic mass is 9.99. The van der Waals surface area contributed by atoms with Crippen molar-refractivity contribution in [3.8, 4) is 0 Å². The summed E-state index contributed by atoms with van der Waals surface area (Å²) in [6, 6.07) is -0.0301. The van der Waals surface area contributed by atoms with E-state index >= 15 is 0 Å². The number of halogens is 1. The Balaban J connectivity index is 2.57. The minimum atomic E-state index is -0.269. The lowest BCUT2D eigenvalue weighted by molar-refractivity contribution is -0.144. The Morgan fingerprint density at radius 2 is 2.20 bits per heavy atom. The molecule has 4 nitrogen and oxygen atoms in total. The standard InChI is InChI=1S/C10H16ClNO3/c1-15-10(14)6-8-4-2-3-5-12(8)9(13)7-11/h8H,2-7H2,1H3. The molecule has 0 radical (unpaired) electrons. The first-order valence-corrected chi connectivity index (χ1v) is 5.64. The lowest BCUT2D eigenvalue weighted by Crippen LogP contribution is -2.45. The molecule has 1 atom stereocenters. The molecule has 5 heteroatoms. The highest BCUT2D eigenvalue weighted by molar-refractivity contribution is 6.27. The summed E-state index contributed by atoms with van der Waals surface area (Å²) in [7, 11) is 1.36. The van der Waals surface area contributed by atoms with E-state index in [1.54, 1.807) is 4.90 Å². The van der Waals surface area contributed by atoms with Crippen LogP contribution >= 0.6 is 11.6 Å². The maximum Gasteiger partial charge on any atom is 0.307 e. The first kappa shape index (κ1) is 12.3. The van der Waals surface area contributed by atoms with Crippen molar-refractivity contribution in [2.75, 3.05) is 19.5 Å². The summed E-state index contributed by atoms with van der Waals surface area (Å²) < 4.78 is 4.60. The van der Waals surface area contributed by atoms with Crippen molar-refractivity contribution in [2.45, 2.75) is 31.7 Å². The molecule has 1 fully saturated rings. The second-order valence-electron chi connectivity index (χ2n) is 3.65. The van der Waals surface area contributed by atoms with Crippen molar-refractivity contribution in [2.24, 2.45) is 0 Å². The van der Waals surface area contributed by atoms with Gasteiger partial charge in [-0.05, 0) is 19.3 Å². The van der Waals surface area contributed by atoms with Gasteiger partial charge in [-0.25, -0.2) is 0 Å². The maximum absolute atomic E-state index is 11.5. The van der Waals surface area contributed by atoms with Gasteiger partial charge in [0, 0.05) is 12.6 Å². The minimum Gasteiger partial charge on any atom is -0.469 e. The van der Waals surface area contributed by atoms with Crippen LogP contribution in [0.5, 0.6) is 0 Å². The molecule has 0 aromatic rings. The normalized spacial score (nSPS) is 21.2. The SMILES string of the molecule is COC(=O)CC1CCCCN1C(=O)CCl. The molecule has 0 aliphatic carbocycles. The second kappa shape index (κ2) is 5.95. The largest absolute Gasteiger partial charge is 0.469 e. The molecule has 1 saturated heterocycles. The Bertz CT molecular complexity index is 245. The Morgan fingerprint density at radius 3 is 2.80 bits per heavy atom. The van der Waals surface area contributed by atoms with Gasteiger partial charge in [0.1, 0.15) is 5.88 Å². The summed E-state index contributed by atoms with van der Waals surface area (Å²) in [5.41, 5.74) is 0. The number of amides is 1. The number of alkyl halides is 1. The number of hydrogen-bond donors (Lipinski definition) is 0. The van der Waals surface area contributed by atoms with Crippen LogP contribution in [0.2, 0.25) is 0 Å². The summed E-state index contributed by atoms with van der Waals surface area (Å²) >= 11 is 5.51. The highest BCUT2D eigenvalue weighted by Crippen LogP contribution is 2.20. The van der Waals surface area contributed by atoms with Gasteiger partial charge in [0.2, 0.25) is 5.91 Å². The topological polar surface area (TPSA) is 46.6 Å². The van der Waals surface area contributed by atoms with Crippen molar-refractivity contribution in [1.82, 2.24) is 4.90 Å². The third kappa shape index (κ3) is 3.38. The number of piperidine rings is 1. The molecular weight excluding hydrogens is 218 g/mol. The van der Waals surface area contributed by atoms with E-state index in [4.69, 9.17) is 11.6 Å². The predicted octanol–water partition coefficient (Wildman–Crippen LogP) is 1.17. The predicted molar refractivity (Wildman–Crippen MR) is 56.7 cm³/mol. The van der Waals surface area contributed by atoms with Gasteiger partial charge < -0.3 is 9.64 Å². The molecule has 0 bridgehead atoms. The van der Waals surface area contributed by atoms with Gasteiger partial charge in [-0.2, -0.15) is 0 Å². The van der Waals surface area contributed by atoms with E-state index in [1.165, 1.54) is 7.11 Å². The molecule has 1 aliphatic heterocycles. The summed E-state index contributed by atoms with van der Waals surface area (Å²) in [5, 5.41) is 0. The molecule has 0 saturated carbocycles. The summed E-state index contributed by atoms with van der Waals surface area (Å²) in [6.45, 7) is 0.702. The fraction of sp³-hybridized carbons (Fsp3) is 0.800. The molecule has 1 rings (SSSR count). The van der Waals surface area contributed by atoms with Crippen molar-refractivity contribution in [3.05, 3.63) is 0 Å². The van der Waals surface area contributed by atoms with Crippen LogP contribution in [-0.2, 0) is 14.3 Å². The van der Waals surface area contributed by atoms with Crippen LogP contribution in [0.1, 0.15) is 25.7 Å². The van der Waals surface area contributed by atoms with Gasteiger partial charge in [0.05, 0.1) is 13.5 Å². The lowest BCUT2D eigenvalue weighted by Gasteiger charge is -2.34. The van der Waals surface area contributed by atoms with E-state index in [2.05, 4.69) is 4.74 Å². The molecule has 0 aromatic heterocycles. The molecule has 86 valence electrons. The first-order valence-electron chi connectivity index (χ1n) is 5.11. The van der Waals surface area contributed by atoms with E-state index in [0.29, 0.717) is 6.54 Å². The molecule has 1 unspecified atom stereocenters. The molecule has 1 aliphatic rings. The summed E-state index contributed by atoms with van der Waals surface area (Å²) in [6.07, 6.45) is 3.17. The number of carbonyl (C=O) groups excluding carboxylic acids is 2. The third-order valence-corrected chi connectivity index (χ3v) is 2.92. The van der Waals surface area contributed by atoms with Crippen LogP contribution < -0.4 is 0 Å². The minimum absolute atomic E-state index is 0.0162. The van der Waals surface area contributed by atoms with Gasteiger partial charge in [0.15, 0.2) is 0 Å². The number of ether oxygens (including phenoxy) is 1. The quantitative estimate of drug-likeness (QED) is 0.543. The van der Waals surface area contributed by atoms with E-state index in [0.717, 1.165) is 19.3 Å². The van der Waals surface area contributed by atoms with E-state index in [9.17, 15) is 9.59 Å². The molecule has 1 heterocycles. The van der Waals surface area contributed by atoms with Crippen LogP contribution in [-0.4, -0.2) is 42.4 Å². The van der Waals surface area contributed by atoms with Crippen LogP contribution in [0.25, 0.3) is 0 Å². The van der Waals surface area contributed by atoms with E-state index in [-0.39, 0.29) is 30.2 Å². The molecule has 0 N–H and O–H groups in total. The average Bonchev–Trinajstić information content (AvgIpc) is 2.28. The van der Waals surface area contributed by atoms with Gasteiger partial charge in [-0.15, -0.1) is 11.6 Å². The zero-order valence-corrected chi connectivity index (χ0v) is 9.63. The molecule has 1 amide bonds. The monoisotopic (exact) mass is 233 g/mol. The zero-order valence-electron chi connectivity index (χ0n) is 8.87. The van der Waals surface area contributed by atoms with Crippen LogP contribution in [0.4, 0.5) is 0 Å². The van der Waals surface area contributed by atoms with Gasteiger partial charge in [0.25, 0.3) is 0 Å². The fourth-order valence-corrected chi connectivity index (χ4v) is 2.05. The molecule has 15 heavy (non-hydrogen) atoms. The molecule has 0 spiro atoms. The van der Waals surface area contributed by atoms with Crippen molar-refractivity contribution in [1.29, 1.82) is 0 Å². The Kier molecular flexibility index (Phi) is 4.88. The molecule has 0 aromatic carbocycles. The number of methoxy groups -OCH3 is 1. The van der Waals surface area contributed by atoms with Gasteiger partial charge >= 0.3 is 5.97 Å². The first-order chi connectivity index (χ1) is 7.19. The molecular formula is C10H16ClNO3.